The Kier molecular flexibility index (Phi) is 3.91. The highest BCUT2D eigenvalue weighted by Crippen LogP contribution is 2.42. The van der Waals surface area contributed by atoms with Crippen LogP contribution in [0.4, 0.5) is 5.69 Å². The Morgan fingerprint density at radius 1 is 1.31 bits per heavy atom. The quantitative estimate of drug-likeness (QED) is 0.387. The first-order valence-corrected chi connectivity index (χ1v) is 8.69. The Labute approximate surface area is 154 Å². The van der Waals surface area contributed by atoms with Crippen LogP contribution in [0.5, 0.6) is 0 Å². The van der Waals surface area contributed by atoms with E-state index in [0.717, 1.165) is 39.2 Å². The summed E-state index contributed by atoms with van der Waals surface area (Å²) in [5, 5.41) is 7.97. The molecule has 0 unspecified atom stereocenters. The second-order valence-electron chi connectivity index (χ2n) is 6.23. The summed E-state index contributed by atoms with van der Waals surface area (Å²) in [6, 6.07) is 8.35. The zero-order valence-corrected chi connectivity index (χ0v) is 14.9. The van der Waals surface area contributed by atoms with Gasteiger partial charge in [0.05, 0.1) is 5.70 Å². The molecule has 3 nitrogen and oxygen atoms in total. The van der Waals surface area contributed by atoms with Gasteiger partial charge in [-0.15, -0.1) is 0 Å². The van der Waals surface area contributed by atoms with Crippen LogP contribution in [0, 0.1) is 5.41 Å². The minimum Gasteiger partial charge on any atom is -0.450 e. The van der Waals surface area contributed by atoms with Gasteiger partial charge in [-0.2, -0.15) is 0 Å². The number of fused-ring (bicyclic) bond motifs is 2. The van der Waals surface area contributed by atoms with E-state index in [4.69, 9.17) is 10.1 Å². The maximum absolute atomic E-state index is 7.97. The largest absolute Gasteiger partial charge is 0.450 e. The van der Waals surface area contributed by atoms with Crippen LogP contribution in [0.3, 0.4) is 0 Å². The molecule has 0 bridgehead atoms. The van der Waals surface area contributed by atoms with Crippen molar-refractivity contribution in [2.24, 2.45) is 0 Å². The van der Waals surface area contributed by atoms with Crippen molar-refractivity contribution < 1.29 is 4.74 Å². The molecule has 4 rings (SSSR count). The van der Waals surface area contributed by atoms with Crippen LogP contribution in [-0.4, -0.2) is 12.9 Å². The van der Waals surface area contributed by atoms with E-state index >= 15 is 0 Å². The van der Waals surface area contributed by atoms with Gasteiger partial charge in [0.15, 0.2) is 5.76 Å². The summed E-state index contributed by atoms with van der Waals surface area (Å²) in [6.07, 6.45) is 11.3. The Hall–Kier alpha value is -3.23. The van der Waals surface area contributed by atoms with Gasteiger partial charge in [-0.3, -0.25) is 0 Å². The molecule has 0 radical (unpaired) electrons. The highest BCUT2D eigenvalue weighted by molar-refractivity contribution is 6.91. The Morgan fingerprint density at radius 2 is 2.12 bits per heavy atom. The van der Waals surface area contributed by atoms with E-state index in [1.54, 1.807) is 6.08 Å². The lowest BCUT2D eigenvalue weighted by Crippen LogP contribution is -2.47. The lowest BCUT2D eigenvalue weighted by Gasteiger charge is -2.39. The monoisotopic (exact) mass is 338 g/mol. The summed E-state index contributed by atoms with van der Waals surface area (Å²) < 4.78 is 6.00. The molecule has 1 aromatic rings. The number of hydrogen-bond donors (Lipinski definition) is 1. The summed E-state index contributed by atoms with van der Waals surface area (Å²) in [4.78, 5) is 2.24. The van der Waals surface area contributed by atoms with Gasteiger partial charge >= 0.3 is 0 Å². The molecule has 0 spiro atoms. The fourth-order valence-corrected chi connectivity index (χ4v) is 3.87. The molecule has 3 aliphatic rings. The predicted octanol–water partition coefficient (Wildman–Crippen LogP) is 4.19. The third kappa shape index (κ3) is 2.13. The van der Waals surface area contributed by atoms with E-state index < -0.39 is 0 Å². The standard InChI is InChI=1S/C22H19BN2O/c1-4-9-15(5-2)25-18-11-8-7-10-16(18)23-17(14-24)20(6-3)26-21-13-12-19(25)22(21)23/h4-12,14,24H,3H2,1-2H3/b9-4-,15-5+,24-14?. The van der Waals surface area contributed by atoms with Crippen molar-refractivity contribution in [1.29, 1.82) is 5.41 Å². The molecular formula is C22H19BN2O. The topological polar surface area (TPSA) is 36.3 Å². The van der Waals surface area contributed by atoms with Gasteiger partial charge in [0, 0.05) is 29.1 Å². The van der Waals surface area contributed by atoms with E-state index in [0.29, 0.717) is 5.76 Å². The van der Waals surface area contributed by atoms with Gasteiger partial charge in [0.2, 0.25) is 0 Å². The van der Waals surface area contributed by atoms with Crippen molar-refractivity contribution in [2.45, 2.75) is 13.8 Å². The Morgan fingerprint density at radius 3 is 2.81 bits per heavy atom. The molecule has 0 atom stereocenters. The average Bonchev–Trinajstić information content (AvgIpc) is 3.10. The zero-order chi connectivity index (χ0) is 18.3. The van der Waals surface area contributed by atoms with Crippen LogP contribution >= 0.6 is 0 Å². The van der Waals surface area contributed by atoms with E-state index in [-0.39, 0.29) is 6.71 Å². The van der Waals surface area contributed by atoms with E-state index in [9.17, 15) is 0 Å². The first kappa shape index (κ1) is 16.3. The Balaban J connectivity index is 2.04. The van der Waals surface area contributed by atoms with Crippen molar-refractivity contribution in [3.63, 3.8) is 0 Å². The third-order valence-corrected chi connectivity index (χ3v) is 4.92. The van der Waals surface area contributed by atoms with Gasteiger partial charge in [-0.05, 0) is 43.0 Å². The smallest absolute Gasteiger partial charge is 0.259 e. The van der Waals surface area contributed by atoms with Crippen molar-refractivity contribution in [2.75, 3.05) is 4.90 Å². The van der Waals surface area contributed by atoms with E-state index in [1.807, 2.05) is 32.1 Å². The van der Waals surface area contributed by atoms with Crippen LogP contribution in [0.2, 0.25) is 0 Å². The van der Waals surface area contributed by atoms with Crippen LogP contribution in [0.25, 0.3) is 0 Å². The predicted molar refractivity (Wildman–Crippen MR) is 109 cm³/mol. The molecule has 26 heavy (non-hydrogen) atoms. The lowest BCUT2D eigenvalue weighted by molar-refractivity contribution is 0.331. The average molecular weight is 338 g/mol. The molecule has 2 heterocycles. The normalized spacial score (nSPS) is 18.1. The Bertz CT molecular complexity index is 1020. The van der Waals surface area contributed by atoms with Gasteiger partial charge in [0.1, 0.15) is 5.76 Å². The number of anilines is 1. The van der Waals surface area contributed by atoms with Crippen molar-refractivity contribution >= 4 is 24.1 Å². The fourth-order valence-electron chi connectivity index (χ4n) is 3.87. The molecular weight excluding hydrogens is 319 g/mol. The van der Waals surface area contributed by atoms with Gasteiger partial charge in [-0.25, -0.2) is 0 Å². The van der Waals surface area contributed by atoms with Crippen LogP contribution in [0.15, 0.2) is 101 Å². The molecule has 0 fully saturated rings. The van der Waals surface area contributed by atoms with Crippen molar-refractivity contribution in [1.82, 2.24) is 0 Å². The number of para-hydroxylation sites is 1. The third-order valence-electron chi connectivity index (χ3n) is 4.92. The first-order chi connectivity index (χ1) is 12.7. The number of nitrogens with one attached hydrogen (secondary N) is 1. The van der Waals surface area contributed by atoms with Gasteiger partial charge in [-0.1, -0.05) is 42.7 Å². The van der Waals surface area contributed by atoms with Crippen molar-refractivity contribution in [3.8, 4) is 0 Å². The zero-order valence-electron chi connectivity index (χ0n) is 14.9. The number of ether oxygens (including phenoxy) is 1. The number of rotatable bonds is 4. The molecule has 126 valence electrons. The number of allylic oxidation sites excluding steroid dienone is 6. The molecule has 0 saturated heterocycles. The minimum absolute atomic E-state index is 0.0401. The van der Waals surface area contributed by atoms with Gasteiger partial charge in [0.25, 0.3) is 6.71 Å². The molecule has 2 aliphatic heterocycles. The second kappa shape index (κ2) is 6.25. The molecule has 0 amide bonds. The number of nitrogens with zero attached hydrogens (tertiary/aromatic N) is 1. The highest BCUT2D eigenvalue weighted by Gasteiger charge is 2.44. The number of benzene rings is 1. The maximum Gasteiger partial charge on any atom is 0.259 e. The SMILES string of the molecule is C=CC1=C(C=N)B2C3=C(C=C=C3O1)N(C(/C=C\C)=C/C)c1ccccc12. The van der Waals surface area contributed by atoms with E-state index in [1.165, 1.54) is 6.21 Å². The molecule has 4 heteroatoms. The summed E-state index contributed by atoms with van der Waals surface area (Å²) in [5.41, 5.74) is 9.58. The highest BCUT2D eigenvalue weighted by atomic mass is 16.5. The van der Waals surface area contributed by atoms with E-state index in [2.05, 4.69) is 47.6 Å². The first-order valence-electron chi connectivity index (χ1n) is 8.69. The molecule has 1 aliphatic carbocycles. The molecule has 1 aromatic carbocycles. The van der Waals surface area contributed by atoms with Gasteiger partial charge < -0.3 is 15.0 Å². The van der Waals surface area contributed by atoms with Crippen molar-refractivity contribution in [3.05, 3.63) is 101 Å². The fraction of sp³-hybridized carbons (Fsp3) is 0.0909. The summed E-state index contributed by atoms with van der Waals surface area (Å²) in [7, 11) is 0. The lowest BCUT2D eigenvalue weighted by atomic mass is 9.33. The summed E-state index contributed by atoms with van der Waals surface area (Å²) in [5.74, 6) is 1.36. The van der Waals surface area contributed by atoms with Crippen LogP contribution < -0.4 is 10.4 Å². The summed E-state index contributed by atoms with van der Waals surface area (Å²) >= 11 is 0. The second-order valence-corrected chi connectivity index (χ2v) is 6.23. The molecule has 0 saturated carbocycles. The molecule has 0 aromatic heterocycles. The maximum atomic E-state index is 7.97. The number of hydrogen-bond acceptors (Lipinski definition) is 3. The van der Waals surface area contributed by atoms with Crippen LogP contribution in [-0.2, 0) is 4.74 Å². The summed E-state index contributed by atoms with van der Waals surface area (Å²) in [6.45, 7) is 7.87. The minimum atomic E-state index is -0.0401. The molecule has 1 N–H and O–H groups in total. The van der Waals surface area contributed by atoms with Crippen LogP contribution in [0.1, 0.15) is 13.8 Å².